The monoisotopic (exact) mass is 203 g/mol. The molecule has 1 aliphatic rings. The van der Waals surface area contributed by atoms with Gasteiger partial charge < -0.3 is 0 Å². The summed E-state index contributed by atoms with van der Waals surface area (Å²) >= 11 is 0. The molecule has 0 spiro atoms. The molecule has 1 aromatic rings. The molecule has 0 atom stereocenters. The quantitative estimate of drug-likeness (QED) is 0.736. The molecule has 1 aliphatic heterocycles. The van der Waals surface area contributed by atoms with Crippen LogP contribution >= 0.6 is 0 Å². The number of para-hydroxylation sites is 1. The van der Waals surface area contributed by atoms with E-state index in [1.54, 1.807) is 0 Å². The van der Waals surface area contributed by atoms with Crippen LogP contribution in [-0.2, 0) is 16.0 Å². The zero-order chi connectivity index (χ0) is 10.8. The van der Waals surface area contributed by atoms with Crippen molar-refractivity contribution in [3.8, 4) is 0 Å². The molecule has 3 nitrogen and oxygen atoms in total. The molecule has 1 aromatic carbocycles. The van der Waals surface area contributed by atoms with Crippen molar-refractivity contribution in [1.82, 2.24) is 0 Å². The van der Waals surface area contributed by atoms with E-state index < -0.39 is 0 Å². The smallest absolute Gasteiger partial charge is 0.238 e. The molecule has 0 fully saturated rings. The van der Waals surface area contributed by atoms with Gasteiger partial charge in [-0.1, -0.05) is 25.1 Å². The molecule has 2 rings (SSSR count). The number of imide groups is 1. The third-order valence-corrected chi connectivity index (χ3v) is 2.54. The predicted octanol–water partition coefficient (Wildman–Crippen LogP) is 1.90. The van der Waals surface area contributed by atoms with Crippen molar-refractivity contribution in [1.29, 1.82) is 0 Å². The molecule has 0 aromatic heterocycles. The summed E-state index contributed by atoms with van der Waals surface area (Å²) in [6, 6.07) is 7.46. The molecule has 3 heteroatoms. The molecule has 0 saturated carbocycles. The minimum absolute atomic E-state index is 0.0903. The summed E-state index contributed by atoms with van der Waals surface area (Å²) in [6.07, 6.45) is 1.55. The number of hydrogen-bond acceptors (Lipinski definition) is 2. The summed E-state index contributed by atoms with van der Waals surface area (Å²) in [7, 11) is 0. The van der Waals surface area contributed by atoms with Crippen molar-refractivity contribution in [3.63, 3.8) is 0 Å². The fourth-order valence-corrected chi connectivity index (χ4v) is 1.85. The first-order chi connectivity index (χ1) is 7.24. The second kappa shape index (κ2) is 3.85. The predicted molar refractivity (Wildman–Crippen MR) is 57.5 cm³/mol. The van der Waals surface area contributed by atoms with E-state index >= 15 is 0 Å². The Hall–Kier alpha value is -1.64. The number of fused-ring (bicyclic) bond motifs is 1. The van der Waals surface area contributed by atoms with Crippen molar-refractivity contribution >= 4 is 17.5 Å². The fraction of sp³-hybridized carbons (Fsp3) is 0.333. The van der Waals surface area contributed by atoms with E-state index in [4.69, 9.17) is 0 Å². The van der Waals surface area contributed by atoms with Crippen LogP contribution in [0.3, 0.4) is 0 Å². The highest BCUT2D eigenvalue weighted by molar-refractivity contribution is 6.19. The third kappa shape index (κ3) is 1.65. The number of carbonyl (C=O) groups is 2. The molecule has 78 valence electrons. The maximum atomic E-state index is 11.7. The molecule has 0 aliphatic carbocycles. The first-order valence-corrected chi connectivity index (χ1v) is 5.17. The van der Waals surface area contributed by atoms with Crippen LogP contribution in [0, 0.1) is 0 Å². The van der Waals surface area contributed by atoms with E-state index in [1.165, 1.54) is 4.90 Å². The van der Waals surface area contributed by atoms with Gasteiger partial charge in [-0.05, 0) is 18.1 Å². The lowest BCUT2D eigenvalue weighted by Crippen LogP contribution is -2.33. The second-order valence-electron chi connectivity index (χ2n) is 3.68. The van der Waals surface area contributed by atoms with Gasteiger partial charge in [0.05, 0.1) is 12.1 Å². The lowest BCUT2D eigenvalue weighted by atomic mass is 10.2. The first-order valence-electron chi connectivity index (χ1n) is 5.17. The molecule has 0 saturated heterocycles. The van der Waals surface area contributed by atoms with Crippen LogP contribution in [0.4, 0.5) is 5.69 Å². The Morgan fingerprint density at radius 2 is 2.13 bits per heavy atom. The van der Waals surface area contributed by atoms with Crippen molar-refractivity contribution in [2.24, 2.45) is 0 Å². The van der Waals surface area contributed by atoms with E-state index in [0.29, 0.717) is 12.8 Å². The van der Waals surface area contributed by atoms with Gasteiger partial charge in [0.25, 0.3) is 0 Å². The van der Waals surface area contributed by atoms with Crippen molar-refractivity contribution in [2.75, 3.05) is 4.90 Å². The van der Waals surface area contributed by atoms with Gasteiger partial charge in [0.1, 0.15) is 0 Å². The molecule has 15 heavy (non-hydrogen) atoms. The highest BCUT2D eigenvalue weighted by Crippen LogP contribution is 2.28. The number of hydrogen-bond donors (Lipinski definition) is 0. The van der Waals surface area contributed by atoms with Crippen LogP contribution in [0.5, 0.6) is 0 Å². The Bertz CT molecular complexity index is 412. The van der Waals surface area contributed by atoms with Gasteiger partial charge in [-0.3, -0.25) is 9.59 Å². The lowest BCUT2D eigenvalue weighted by Gasteiger charge is -2.14. The number of nitrogens with zero attached hydrogens (tertiary/aromatic N) is 1. The van der Waals surface area contributed by atoms with Gasteiger partial charge in [0.15, 0.2) is 0 Å². The number of amides is 2. The van der Waals surface area contributed by atoms with Crippen LogP contribution < -0.4 is 4.90 Å². The molecule has 0 N–H and O–H groups in total. The zero-order valence-electron chi connectivity index (χ0n) is 8.69. The fourth-order valence-electron chi connectivity index (χ4n) is 1.85. The Labute approximate surface area is 88.7 Å². The highest BCUT2D eigenvalue weighted by atomic mass is 16.2. The standard InChI is InChI=1S/C12H13NO2/c1-2-5-11(14)13-10-7-4-3-6-9(10)8-12(13)15/h3-4,6-7H,2,5,8H2,1H3. The van der Waals surface area contributed by atoms with Crippen LogP contribution in [0.15, 0.2) is 24.3 Å². The summed E-state index contributed by atoms with van der Waals surface area (Å²) in [6.45, 7) is 1.93. The molecule has 0 radical (unpaired) electrons. The lowest BCUT2D eigenvalue weighted by molar-refractivity contribution is -0.125. The average molecular weight is 203 g/mol. The number of carbonyl (C=O) groups excluding carboxylic acids is 2. The van der Waals surface area contributed by atoms with Gasteiger partial charge >= 0.3 is 0 Å². The molecular weight excluding hydrogens is 190 g/mol. The van der Waals surface area contributed by atoms with E-state index in [1.807, 2.05) is 31.2 Å². The number of rotatable bonds is 2. The van der Waals surface area contributed by atoms with E-state index in [-0.39, 0.29) is 11.8 Å². The van der Waals surface area contributed by atoms with E-state index in [9.17, 15) is 9.59 Å². The minimum Gasteiger partial charge on any atom is -0.274 e. The Morgan fingerprint density at radius 3 is 2.87 bits per heavy atom. The molecule has 0 unspecified atom stereocenters. The van der Waals surface area contributed by atoms with Crippen LogP contribution in [0.25, 0.3) is 0 Å². The zero-order valence-corrected chi connectivity index (χ0v) is 8.69. The molecule has 2 amide bonds. The molecule has 1 heterocycles. The maximum Gasteiger partial charge on any atom is 0.238 e. The third-order valence-electron chi connectivity index (χ3n) is 2.54. The van der Waals surface area contributed by atoms with Gasteiger partial charge in [-0.2, -0.15) is 0 Å². The SMILES string of the molecule is CCCC(=O)N1C(=O)Cc2ccccc21. The van der Waals surface area contributed by atoms with Crippen molar-refractivity contribution in [3.05, 3.63) is 29.8 Å². The van der Waals surface area contributed by atoms with Gasteiger partial charge in [0, 0.05) is 6.42 Å². The second-order valence-corrected chi connectivity index (χ2v) is 3.68. The summed E-state index contributed by atoms with van der Waals surface area (Å²) in [5.41, 5.74) is 1.72. The normalized spacial score (nSPS) is 14.2. The number of anilines is 1. The van der Waals surface area contributed by atoms with Gasteiger partial charge in [-0.25, -0.2) is 4.90 Å². The topological polar surface area (TPSA) is 37.4 Å². The average Bonchev–Trinajstić information content (AvgIpc) is 2.54. The summed E-state index contributed by atoms with van der Waals surface area (Å²) in [4.78, 5) is 24.7. The van der Waals surface area contributed by atoms with Crippen molar-refractivity contribution < 1.29 is 9.59 Å². The summed E-state index contributed by atoms with van der Waals surface area (Å²) < 4.78 is 0. The van der Waals surface area contributed by atoms with Crippen LogP contribution in [0.2, 0.25) is 0 Å². The largest absolute Gasteiger partial charge is 0.274 e. The summed E-state index contributed by atoms with van der Waals surface area (Å²) in [5.74, 6) is -0.192. The highest BCUT2D eigenvalue weighted by Gasteiger charge is 2.30. The molecular formula is C12H13NO2. The number of benzene rings is 1. The van der Waals surface area contributed by atoms with Gasteiger partial charge in [-0.15, -0.1) is 0 Å². The summed E-state index contributed by atoms with van der Waals surface area (Å²) in [5, 5.41) is 0. The Kier molecular flexibility index (Phi) is 2.54. The van der Waals surface area contributed by atoms with E-state index in [2.05, 4.69) is 0 Å². The Balaban J connectivity index is 2.33. The maximum absolute atomic E-state index is 11.7. The first kappa shape index (κ1) is 9.90. The van der Waals surface area contributed by atoms with E-state index in [0.717, 1.165) is 17.7 Å². The Morgan fingerprint density at radius 1 is 1.40 bits per heavy atom. The van der Waals surface area contributed by atoms with Gasteiger partial charge in [0.2, 0.25) is 11.8 Å². The minimum atomic E-state index is -0.102. The van der Waals surface area contributed by atoms with Crippen molar-refractivity contribution in [2.45, 2.75) is 26.2 Å². The van der Waals surface area contributed by atoms with Crippen LogP contribution in [-0.4, -0.2) is 11.8 Å². The van der Waals surface area contributed by atoms with Crippen LogP contribution in [0.1, 0.15) is 25.3 Å². The molecule has 0 bridgehead atoms.